The Hall–Kier alpha value is -0.800. The van der Waals surface area contributed by atoms with Crippen LogP contribution in [0.25, 0.3) is 0 Å². The molecule has 1 aromatic rings. The van der Waals surface area contributed by atoms with Gasteiger partial charge in [0.25, 0.3) is 0 Å². The van der Waals surface area contributed by atoms with Gasteiger partial charge in [0.2, 0.25) is 0 Å². The molecule has 2 nitrogen and oxygen atoms in total. The van der Waals surface area contributed by atoms with Crippen molar-refractivity contribution in [3.63, 3.8) is 0 Å². The van der Waals surface area contributed by atoms with Gasteiger partial charge in [-0.15, -0.1) is 11.8 Å². The molecule has 0 bridgehead atoms. The first kappa shape index (κ1) is 13.3. The summed E-state index contributed by atoms with van der Waals surface area (Å²) in [6, 6.07) is 5.92. The number of aryl methyl sites for hydroxylation is 2. The van der Waals surface area contributed by atoms with Crippen molar-refractivity contribution in [2.45, 2.75) is 26.0 Å². The maximum atomic E-state index is 11.9. The average molecular weight is 238 g/mol. The molecular formula is C13H18O2S. The Labute approximate surface area is 101 Å². The van der Waals surface area contributed by atoms with Crippen LogP contribution >= 0.6 is 11.8 Å². The second kappa shape index (κ2) is 6.06. The molecule has 0 radical (unpaired) electrons. The molecule has 0 aliphatic rings. The zero-order valence-electron chi connectivity index (χ0n) is 9.99. The van der Waals surface area contributed by atoms with Gasteiger partial charge in [-0.1, -0.05) is 24.6 Å². The second-order valence-corrected chi connectivity index (χ2v) is 5.47. The molecule has 0 amide bonds. The summed E-state index contributed by atoms with van der Waals surface area (Å²) in [5.41, 5.74) is 2.93. The molecule has 16 heavy (non-hydrogen) atoms. The van der Waals surface area contributed by atoms with Crippen LogP contribution < -0.4 is 0 Å². The monoisotopic (exact) mass is 238 g/mol. The molecule has 0 aromatic heterocycles. The number of hydrogen-bond acceptors (Lipinski definition) is 3. The molecule has 1 N–H and O–H groups in total. The van der Waals surface area contributed by atoms with Crippen molar-refractivity contribution in [2.75, 3.05) is 12.4 Å². The lowest BCUT2D eigenvalue weighted by molar-refractivity contribution is 0.102. The van der Waals surface area contributed by atoms with Gasteiger partial charge in [0.05, 0.1) is 12.4 Å². The second-order valence-electron chi connectivity index (χ2n) is 4.05. The van der Waals surface area contributed by atoms with E-state index in [9.17, 15) is 4.79 Å². The molecule has 0 saturated heterocycles. The number of Topliss-reactive ketones (excluding diaryl/α,β-unsaturated/α-hetero) is 1. The highest BCUT2D eigenvalue weighted by Gasteiger charge is 2.11. The lowest BCUT2D eigenvalue weighted by Crippen LogP contribution is -2.10. The molecule has 1 rings (SSSR count). The van der Waals surface area contributed by atoms with Gasteiger partial charge in [-0.3, -0.25) is 4.79 Å². The quantitative estimate of drug-likeness (QED) is 0.801. The third-order valence-electron chi connectivity index (χ3n) is 2.45. The Bertz CT molecular complexity index is 374. The number of rotatable bonds is 5. The first-order chi connectivity index (χ1) is 7.54. The fourth-order valence-corrected chi connectivity index (χ4v) is 2.08. The van der Waals surface area contributed by atoms with Gasteiger partial charge in [0, 0.05) is 10.8 Å². The summed E-state index contributed by atoms with van der Waals surface area (Å²) < 4.78 is 0. The summed E-state index contributed by atoms with van der Waals surface area (Å²) in [5.74, 6) is 0.581. The van der Waals surface area contributed by atoms with E-state index < -0.39 is 0 Å². The summed E-state index contributed by atoms with van der Waals surface area (Å²) in [4.78, 5) is 11.9. The van der Waals surface area contributed by atoms with E-state index in [0.717, 1.165) is 16.7 Å². The molecular weight excluding hydrogens is 220 g/mol. The molecule has 0 aliphatic carbocycles. The van der Waals surface area contributed by atoms with E-state index in [4.69, 9.17) is 5.11 Å². The Morgan fingerprint density at radius 1 is 1.44 bits per heavy atom. The number of benzene rings is 1. The Morgan fingerprint density at radius 2 is 2.12 bits per heavy atom. The topological polar surface area (TPSA) is 37.3 Å². The lowest BCUT2D eigenvalue weighted by atomic mass is 10.0. The van der Waals surface area contributed by atoms with Crippen LogP contribution in [0.3, 0.4) is 0 Å². The number of thioether (sulfide) groups is 1. The summed E-state index contributed by atoms with van der Waals surface area (Å²) in [6.07, 6.45) is 0. The minimum atomic E-state index is 0.116. The fourth-order valence-electron chi connectivity index (χ4n) is 1.38. The molecule has 88 valence electrons. The van der Waals surface area contributed by atoms with Crippen LogP contribution in [-0.2, 0) is 0 Å². The highest BCUT2D eigenvalue weighted by Crippen LogP contribution is 2.16. The van der Waals surface area contributed by atoms with Crippen molar-refractivity contribution in [1.29, 1.82) is 0 Å². The van der Waals surface area contributed by atoms with Gasteiger partial charge in [-0.05, 0) is 25.5 Å². The van der Waals surface area contributed by atoms with Crippen LogP contribution in [0.2, 0.25) is 0 Å². The first-order valence-electron chi connectivity index (χ1n) is 5.37. The molecule has 1 unspecified atom stereocenters. The molecule has 0 aliphatic heterocycles. The molecule has 0 saturated carbocycles. The normalized spacial score (nSPS) is 12.5. The van der Waals surface area contributed by atoms with Crippen molar-refractivity contribution in [3.05, 3.63) is 34.9 Å². The minimum absolute atomic E-state index is 0.116. The zero-order valence-corrected chi connectivity index (χ0v) is 10.8. The van der Waals surface area contributed by atoms with Crippen molar-refractivity contribution in [3.8, 4) is 0 Å². The van der Waals surface area contributed by atoms with Crippen LogP contribution in [-0.4, -0.2) is 28.5 Å². The first-order valence-corrected chi connectivity index (χ1v) is 6.42. The number of carbonyl (C=O) groups excluding carboxylic acids is 1. The maximum Gasteiger partial charge on any atom is 0.173 e. The standard InChI is InChI=1S/C13H18O2S/c1-9-4-5-10(2)12(6-9)13(15)8-16-11(3)7-14/h4-6,11,14H,7-8H2,1-3H3. The number of hydrogen-bond donors (Lipinski definition) is 1. The SMILES string of the molecule is Cc1ccc(C)c(C(=O)CSC(C)CO)c1. The minimum Gasteiger partial charge on any atom is -0.395 e. The summed E-state index contributed by atoms with van der Waals surface area (Å²) >= 11 is 1.49. The van der Waals surface area contributed by atoms with E-state index in [1.807, 2.05) is 39.0 Å². The van der Waals surface area contributed by atoms with Crippen LogP contribution in [0, 0.1) is 13.8 Å². The van der Waals surface area contributed by atoms with Crippen molar-refractivity contribution in [1.82, 2.24) is 0 Å². The highest BCUT2D eigenvalue weighted by molar-refractivity contribution is 8.00. The maximum absolute atomic E-state index is 11.9. The summed E-state index contributed by atoms with van der Waals surface area (Å²) in [5, 5.41) is 9.00. The van der Waals surface area contributed by atoms with Crippen molar-refractivity contribution in [2.24, 2.45) is 0 Å². The Kier molecular flexibility index (Phi) is 5.03. The van der Waals surface area contributed by atoms with E-state index >= 15 is 0 Å². The zero-order chi connectivity index (χ0) is 12.1. The van der Waals surface area contributed by atoms with Crippen LogP contribution in [0.15, 0.2) is 18.2 Å². The van der Waals surface area contributed by atoms with E-state index in [1.165, 1.54) is 11.8 Å². The van der Waals surface area contributed by atoms with Crippen molar-refractivity contribution < 1.29 is 9.90 Å². The van der Waals surface area contributed by atoms with Gasteiger partial charge in [-0.2, -0.15) is 0 Å². The van der Waals surface area contributed by atoms with Crippen LogP contribution in [0.4, 0.5) is 0 Å². The molecule has 3 heteroatoms. The van der Waals surface area contributed by atoms with Gasteiger partial charge in [0.1, 0.15) is 0 Å². The van der Waals surface area contributed by atoms with E-state index in [1.54, 1.807) is 0 Å². The lowest BCUT2D eigenvalue weighted by Gasteiger charge is -2.09. The van der Waals surface area contributed by atoms with Crippen LogP contribution in [0.5, 0.6) is 0 Å². The van der Waals surface area contributed by atoms with Gasteiger partial charge < -0.3 is 5.11 Å². The highest BCUT2D eigenvalue weighted by atomic mass is 32.2. The predicted octanol–water partition coefficient (Wildman–Crippen LogP) is 2.60. The molecule has 1 atom stereocenters. The van der Waals surface area contributed by atoms with Gasteiger partial charge in [-0.25, -0.2) is 0 Å². The molecule has 0 heterocycles. The van der Waals surface area contributed by atoms with Crippen molar-refractivity contribution >= 4 is 17.5 Å². The molecule has 0 spiro atoms. The van der Waals surface area contributed by atoms with Crippen LogP contribution in [0.1, 0.15) is 28.4 Å². The third-order valence-corrected chi connectivity index (χ3v) is 3.60. The largest absolute Gasteiger partial charge is 0.395 e. The Balaban J connectivity index is 2.69. The molecule has 1 aromatic carbocycles. The predicted molar refractivity (Wildman–Crippen MR) is 69.3 cm³/mol. The Morgan fingerprint density at radius 3 is 2.75 bits per heavy atom. The smallest absolute Gasteiger partial charge is 0.173 e. The average Bonchev–Trinajstić information content (AvgIpc) is 2.28. The third kappa shape index (κ3) is 3.65. The van der Waals surface area contributed by atoms with E-state index in [0.29, 0.717) is 5.75 Å². The number of aliphatic hydroxyl groups is 1. The number of aliphatic hydroxyl groups excluding tert-OH is 1. The van der Waals surface area contributed by atoms with E-state index in [2.05, 4.69) is 0 Å². The summed E-state index contributed by atoms with van der Waals surface area (Å²) in [6.45, 7) is 5.97. The van der Waals surface area contributed by atoms with Gasteiger partial charge >= 0.3 is 0 Å². The fraction of sp³-hybridized carbons (Fsp3) is 0.462. The molecule has 0 fully saturated rings. The summed E-state index contributed by atoms with van der Waals surface area (Å²) in [7, 11) is 0. The van der Waals surface area contributed by atoms with E-state index in [-0.39, 0.29) is 17.6 Å². The number of ketones is 1. The number of carbonyl (C=O) groups is 1. The van der Waals surface area contributed by atoms with Gasteiger partial charge in [0.15, 0.2) is 5.78 Å².